The van der Waals surface area contributed by atoms with Crippen LogP contribution in [0.1, 0.15) is 22.7 Å². The Morgan fingerprint density at radius 1 is 1.06 bits per heavy atom. The molecule has 0 aliphatic carbocycles. The van der Waals surface area contributed by atoms with Crippen molar-refractivity contribution in [3.8, 4) is 16.9 Å². The molecule has 0 fully saturated rings. The maximum atomic E-state index is 14.2. The molecule has 1 amide bonds. The summed E-state index contributed by atoms with van der Waals surface area (Å²) in [5.41, 5.74) is 3.24. The third-order valence-corrected chi connectivity index (χ3v) is 5.49. The van der Waals surface area contributed by atoms with Crippen LogP contribution in [0, 0.1) is 16.5 Å². The summed E-state index contributed by atoms with van der Waals surface area (Å²) in [6.45, 7) is 0.242. The van der Waals surface area contributed by atoms with E-state index in [1.807, 2.05) is 0 Å². The van der Waals surface area contributed by atoms with Gasteiger partial charge in [-0.3, -0.25) is 4.79 Å². The van der Waals surface area contributed by atoms with Crippen molar-refractivity contribution in [3.63, 3.8) is 0 Å². The number of ether oxygens (including phenoxy) is 2. The summed E-state index contributed by atoms with van der Waals surface area (Å²) in [6, 6.07) is 12.4. The Morgan fingerprint density at radius 3 is 2.65 bits per heavy atom. The second kappa shape index (κ2) is 7.55. The number of rotatable bonds is 4. The smallest absolute Gasteiger partial charge is 0.260 e. The standard InChI is InChI=1S/C23H16F2N2O4/c24-16-6-4-13(5-7-16)18-2-1-3-19-20(18)21(26-29)23(28)27(19)10-14-8-17(25)9-15-11-30-12-31-22(14)15/h1-9,21H,10-12H2. The number of amides is 1. The average molecular weight is 422 g/mol. The lowest BCUT2D eigenvalue weighted by Crippen LogP contribution is -2.28. The van der Waals surface area contributed by atoms with Gasteiger partial charge in [0.1, 0.15) is 17.4 Å². The summed E-state index contributed by atoms with van der Waals surface area (Å²) in [4.78, 5) is 26.2. The number of anilines is 1. The predicted octanol–water partition coefficient (Wildman–Crippen LogP) is 4.85. The van der Waals surface area contributed by atoms with Gasteiger partial charge in [-0.2, -0.15) is 0 Å². The summed E-state index contributed by atoms with van der Waals surface area (Å²) in [7, 11) is 0. The fourth-order valence-electron chi connectivity index (χ4n) is 4.15. The van der Waals surface area contributed by atoms with Crippen LogP contribution >= 0.6 is 0 Å². The van der Waals surface area contributed by atoms with E-state index in [4.69, 9.17) is 9.47 Å². The molecule has 3 aromatic rings. The highest BCUT2D eigenvalue weighted by molar-refractivity contribution is 6.07. The first kappa shape index (κ1) is 19.3. The van der Waals surface area contributed by atoms with Gasteiger partial charge in [-0.05, 0) is 41.5 Å². The monoisotopic (exact) mass is 422 g/mol. The molecule has 5 rings (SSSR count). The van der Waals surface area contributed by atoms with E-state index >= 15 is 0 Å². The Kier molecular flexibility index (Phi) is 4.71. The first-order valence-corrected chi connectivity index (χ1v) is 9.61. The Morgan fingerprint density at radius 2 is 1.87 bits per heavy atom. The zero-order chi connectivity index (χ0) is 21.5. The van der Waals surface area contributed by atoms with E-state index in [2.05, 4.69) is 5.18 Å². The summed E-state index contributed by atoms with van der Waals surface area (Å²) < 4.78 is 38.3. The van der Waals surface area contributed by atoms with Crippen molar-refractivity contribution < 1.29 is 23.0 Å². The molecule has 1 atom stereocenters. The van der Waals surface area contributed by atoms with Gasteiger partial charge >= 0.3 is 0 Å². The number of hydrogen-bond acceptors (Lipinski definition) is 5. The SMILES string of the molecule is O=NC1C(=O)N(Cc2cc(F)cc3c2OCOC3)c2cccc(-c3ccc(F)cc3)c21. The zero-order valence-corrected chi connectivity index (χ0v) is 16.2. The normalized spacial score (nSPS) is 17.2. The van der Waals surface area contributed by atoms with Crippen molar-refractivity contribution in [1.82, 2.24) is 0 Å². The highest BCUT2D eigenvalue weighted by atomic mass is 19.1. The first-order chi connectivity index (χ1) is 15.1. The van der Waals surface area contributed by atoms with E-state index in [0.717, 1.165) is 0 Å². The lowest BCUT2D eigenvalue weighted by molar-refractivity contribution is -0.119. The minimum Gasteiger partial charge on any atom is -0.467 e. The van der Waals surface area contributed by atoms with Crippen molar-refractivity contribution in [1.29, 1.82) is 0 Å². The maximum Gasteiger partial charge on any atom is 0.260 e. The van der Waals surface area contributed by atoms with Crippen LogP contribution in [-0.2, 0) is 22.7 Å². The molecule has 2 aliphatic heterocycles. The molecule has 0 bridgehead atoms. The fourth-order valence-corrected chi connectivity index (χ4v) is 4.15. The van der Waals surface area contributed by atoms with Crippen molar-refractivity contribution in [2.45, 2.75) is 19.2 Å². The van der Waals surface area contributed by atoms with E-state index < -0.39 is 17.8 Å². The Balaban J connectivity index is 1.60. The molecule has 0 N–H and O–H groups in total. The summed E-state index contributed by atoms with van der Waals surface area (Å²) in [5.74, 6) is -0.900. The number of nitroso groups, excluding NO2 is 1. The average Bonchev–Trinajstić information content (AvgIpc) is 3.05. The van der Waals surface area contributed by atoms with Crippen molar-refractivity contribution in [2.24, 2.45) is 5.18 Å². The van der Waals surface area contributed by atoms with E-state index in [-0.39, 0.29) is 25.8 Å². The lowest BCUT2D eigenvalue weighted by atomic mass is 9.95. The van der Waals surface area contributed by atoms with Gasteiger partial charge in [-0.15, -0.1) is 4.91 Å². The maximum absolute atomic E-state index is 14.2. The molecule has 2 aliphatic rings. The largest absolute Gasteiger partial charge is 0.467 e. The lowest BCUT2D eigenvalue weighted by Gasteiger charge is -2.24. The summed E-state index contributed by atoms with van der Waals surface area (Å²) in [5, 5.41) is 3.07. The van der Waals surface area contributed by atoms with Crippen LogP contribution in [0.4, 0.5) is 14.5 Å². The highest BCUT2D eigenvalue weighted by Gasteiger charge is 2.41. The second-order valence-corrected chi connectivity index (χ2v) is 7.34. The molecule has 0 radical (unpaired) electrons. The van der Waals surface area contributed by atoms with E-state index in [0.29, 0.717) is 39.3 Å². The Hall–Kier alpha value is -3.65. The topological polar surface area (TPSA) is 68.2 Å². The molecule has 1 unspecified atom stereocenters. The van der Waals surface area contributed by atoms with Crippen LogP contribution in [0.15, 0.2) is 59.8 Å². The van der Waals surface area contributed by atoms with E-state index in [1.54, 1.807) is 30.3 Å². The van der Waals surface area contributed by atoms with Crippen LogP contribution in [0.5, 0.6) is 5.75 Å². The van der Waals surface area contributed by atoms with Gasteiger partial charge in [-0.25, -0.2) is 8.78 Å². The number of hydrogen-bond donors (Lipinski definition) is 0. The van der Waals surface area contributed by atoms with Crippen molar-refractivity contribution in [2.75, 3.05) is 11.7 Å². The molecule has 0 spiro atoms. The Labute approximate surface area is 176 Å². The molecule has 6 nitrogen and oxygen atoms in total. The van der Waals surface area contributed by atoms with Crippen molar-refractivity contribution >= 4 is 11.6 Å². The van der Waals surface area contributed by atoms with Crippen LogP contribution in [0.25, 0.3) is 11.1 Å². The zero-order valence-electron chi connectivity index (χ0n) is 16.2. The number of carbonyl (C=O) groups excluding carboxylic acids is 1. The molecule has 2 heterocycles. The molecular weight excluding hydrogens is 406 g/mol. The van der Waals surface area contributed by atoms with E-state index in [9.17, 15) is 18.5 Å². The van der Waals surface area contributed by atoms with E-state index in [1.165, 1.54) is 29.2 Å². The van der Waals surface area contributed by atoms with Crippen LogP contribution in [-0.4, -0.2) is 12.7 Å². The summed E-state index contributed by atoms with van der Waals surface area (Å²) in [6.07, 6.45) is 0. The van der Waals surface area contributed by atoms with Gasteiger partial charge in [-0.1, -0.05) is 29.4 Å². The minimum atomic E-state index is -1.25. The molecule has 3 aromatic carbocycles. The second-order valence-electron chi connectivity index (χ2n) is 7.34. The number of nitrogens with zero attached hydrogens (tertiary/aromatic N) is 2. The highest BCUT2D eigenvalue weighted by Crippen LogP contribution is 2.45. The van der Waals surface area contributed by atoms with Crippen LogP contribution in [0.2, 0.25) is 0 Å². The third-order valence-electron chi connectivity index (χ3n) is 5.49. The fraction of sp³-hybridized carbons (Fsp3) is 0.174. The predicted molar refractivity (Wildman–Crippen MR) is 108 cm³/mol. The molecule has 8 heteroatoms. The molecule has 0 aromatic heterocycles. The molecule has 156 valence electrons. The van der Waals surface area contributed by atoms with Gasteiger partial charge in [0.15, 0.2) is 12.8 Å². The number of fused-ring (bicyclic) bond motifs is 2. The van der Waals surface area contributed by atoms with Gasteiger partial charge < -0.3 is 14.4 Å². The van der Waals surface area contributed by atoms with Crippen LogP contribution in [0.3, 0.4) is 0 Å². The molecule has 0 saturated carbocycles. The van der Waals surface area contributed by atoms with Gasteiger partial charge in [0.2, 0.25) is 0 Å². The van der Waals surface area contributed by atoms with Crippen LogP contribution < -0.4 is 9.64 Å². The number of benzene rings is 3. The third kappa shape index (κ3) is 3.25. The molecular formula is C23H16F2N2O4. The number of halogens is 2. The van der Waals surface area contributed by atoms with Gasteiger partial charge in [0.05, 0.1) is 18.8 Å². The quantitative estimate of drug-likeness (QED) is 0.564. The Bertz CT molecular complexity index is 1200. The minimum absolute atomic E-state index is 0.00478. The molecule has 31 heavy (non-hydrogen) atoms. The summed E-state index contributed by atoms with van der Waals surface area (Å²) >= 11 is 0. The van der Waals surface area contributed by atoms with Gasteiger partial charge in [0, 0.05) is 16.7 Å². The number of carbonyl (C=O) groups is 1. The van der Waals surface area contributed by atoms with Gasteiger partial charge in [0.25, 0.3) is 5.91 Å². The molecule has 0 saturated heterocycles. The van der Waals surface area contributed by atoms with Crippen molar-refractivity contribution in [3.05, 3.63) is 87.8 Å². The first-order valence-electron chi connectivity index (χ1n) is 9.61.